The molecule has 1 fully saturated rings. The Bertz CT molecular complexity index is 320. The van der Waals surface area contributed by atoms with Crippen molar-refractivity contribution in [3.05, 3.63) is 24.3 Å². The summed E-state index contributed by atoms with van der Waals surface area (Å²) in [5, 5.41) is 1.56. The van der Waals surface area contributed by atoms with Gasteiger partial charge in [0.1, 0.15) is 0 Å². The molecule has 4 nitrogen and oxygen atoms in total. The first kappa shape index (κ1) is 8.07. The monoisotopic (exact) mass is 177 g/mol. The van der Waals surface area contributed by atoms with E-state index >= 15 is 0 Å². The fraction of sp³-hybridized carbons (Fsp3) is 0.222. The van der Waals surface area contributed by atoms with Crippen LogP contribution in [0.5, 0.6) is 0 Å². The molecule has 1 aliphatic heterocycles. The molecule has 68 valence electrons. The molecule has 1 aromatic rings. The second-order valence-corrected chi connectivity index (χ2v) is 2.98. The van der Waals surface area contributed by atoms with Crippen LogP contribution in [0.1, 0.15) is 6.42 Å². The van der Waals surface area contributed by atoms with Gasteiger partial charge in [0.05, 0.1) is 5.69 Å². The summed E-state index contributed by atoms with van der Waals surface area (Å²) in [5.41, 5.74) is 10.1. The first-order valence-electron chi connectivity index (χ1n) is 4.19. The van der Waals surface area contributed by atoms with Crippen molar-refractivity contribution < 1.29 is 4.79 Å². The van der Waals surface area contributed by atoms with Gasteiger partial charge in [-0.15, -0.1) is 0 Å². The Kier molecular flexibility index (Phi) is 1.90. The summed E-state index contributed by atoms with van der Waals surface area (Å²) in [5.74, 6) is 0.102. The molecule has 0 atom stereocenters. The molecule has 1 heterocycles. The lowest BCUT2D eigenvalue weighted by atomic mass is 10.3. The molecule has 0 radical (unpaired) electrons. The number of benzene rings is 1. The van der Waals surface area contributed by atoms with Gasteiger partial charge in [-0.3, -0.25) is 4.79 Å². The van der Waals surface area contributed by atoms with Crippen molar-refractivity contribution in [3.8, 4) is 0 Å². The minimum absolute atomic E-state index is 0.102. The Morgan fingerprint density at radius 3 is 2.54 bits per heavy atom. The number of anilines is 2. The van der Waals surface area contributed by atoms with E-state index in [2.05, 4.69) is 5.43 Å². The molecule has 1 aromatic carbocycles. The second kappa shape index (κ2) is 3.06. The molecule has 0 aromatic heterocycles. The molecule has 0 aliphatic carbocycles. The van der Waals surface area contributed by atoms with Gasteiger partial charge in [0.15, 0.2) is 0 Å². The molecule has 0 saturated carbocycles. The Morgan fingerprint density at radius 1 is 1.31 bits per heavy atom. The number of nitrogens with one attached hydrogen (secondary N) is 1. The van der Waals surface area contributed by atoms with Crippen LogP contribution < -0.4 is 16.2 Å². The number of hydrogen-bond donors (Lipinski definition) is 2. The van der Waals surface area contributed by atoms with E-state index in [-0.39, 0.29) is 5.91 Å². The van der Waals surface area contributed by atoms with Gasteiger partial charge in [-0.25, -0.2) is 10.4 Å². The van der Waals surface area contributed by atoms with Gasteiger partial charge >= 0.3 is 0 Å². The lowest BCUT2D eigenvalue weighted by molar-refractivity contribution is -0.117. The molecular weight excluding hydrogens is 166 g/mol. The zero-order chi connectivity index (χ0) is 9.26. The fourth-order valence-electron chi connectivity index (χ4n) is 1.33. The van der Waals surface area contributed by atoms with Crippen molar-refractivity contribution >= 4 is 17.3 Å². The molecule has 13 heavy (non-hydrogen) atoms. The zero-order valence-corrected chi connectivity index (χ0v) is 7.16. The van der Waals surface area contributed by atoms with Crippen molar-refractivity contribution in [2.75, 3.05) is 17.3 Å². The average molecular weight is 177 g/mol. The summed E-state index contributed by atoms with van der Waals surface area (Å²) in [6, 6.07) is 7.21. The summed E-state index contributed by atoms with van der Waals surface area (Å²) < 4.78 is 0. The van der Waals surface area contributed by atoms with Crippen LogP contribution in [0, 0.1) is 0 Å². The number of hydrogen-bond acceptors (Lipinski definition) is 3. The number of rotatable bonds is 1. The first-order chi connectivity index (χ1) is 6.27. The van der Waals surface area contributed by atoms with Gasteiger partial charge in [-0.1, -0.05) is 0 Å². The minimum atomic E-state index is 0.102. The van der Waals surface area contributed by atoms with E-state index in [1.807, 2.05) is 12.1 Å². The number of carbonyl (C=O) groups is 1. The number of hydrazine groups is 1. The van der Waals surface area contributed by atoms with E-state index in [1.54, 1.807) is 17.1 Å². The second-order valence-electron chi connectivity index (χ2n) is 2.98. The van der Waals surface area contributed by atoms with Crippen molar-refractivity contribution in [2.45, 2.75) is 6.42 Å². The molecular formula is C9H11N3O. The van der Waals surface area contributed by atoms with Crippen LogP contribution in [-0.2, 0) is 4.79 Å². The third-order valence-corrected chi connectivity index (χ3v) is 2.01. The van der Waals surface area contributed by atoms with Crippen LogP contribution in [0.2, 0.25) is 0 Å². The molecule has 0 spiro atoms. The maximum Gasteiger partial charge on any atom is 0.242 e. The smallest absolute Gasteiger partial charge is 0.242 e. The first-order valence-corrected chi connectivity index (χ1v) is 4.19. The third-order valence-electron chi connectivity index (χ3n) is 2.01. The molecule has 1 amide bonds. The van der Waals surface area contributed by atoms with Crippen LogP contribution in [0.15, 0.2) is 24.3 Å². The van der Waals surface area contributed by atoms with Crippen molar-refractivity contribution in [3.63, 3.8) is 0 Å². The van der Waals surface area contributed by atoms with Crippen molar-refractivity contribution in [2.24, 2.45) is 0 Å². The molecule has 0 unspecified atom stereocenters. The maximum absolute atomic E-state index is 11.3. The Hall–Kier alpha value is -1.55. The van der Waals surface area contributed by atoms with Crippen LogP contribution in [0.3, 0.4) is 0 Å². The molecule has 0 bridgehead atoms. The Labute approximate surface area is 76.3 Å². The zero-order valence-electron chi connectivity index (χ0n) is 7.16. The van der Waals surface area contributed by atoms with Crippen LogP contribution in [0.4, 0.5) is 11.4 Å². The third kappa shape index (κ3) is 1.48. The Morgan fingerprint density at radius 2 is 2.00 bits per heavy atom. The lowest BCUT2D eigenvalue weighted by Gasteiger charge is -2.15. The maximum atomic E-state index is 11.3. The van der Waals surface area contributed by atoms with Crippen molar-refractivity contribution in [1.29, 1.82) is 0 Å². The SMILES string of the molecule is Nc1ccc(N2NCCC2=O)cc1. The summed E-state index contributed by atoms with van der Waals surface area (Å²) in [7, 11) is 0. The number of amides is 1. The molecule has 1 saturated heterocycles. The number of carbonyl (C=O) groups excluding carboxylic acids is 1. The van der Waals surface area contributed by atoms with Crippen LogP contribution in [0.25, 0.3) is 0 Å². The topological polar surface area (TPSA) is 58.4 Å². The highest BCUT2D eigenvalue weighted by Crippen LogP contribution is 2.17. The van der Waals surface area contributed by atoms with E-state index in [0.29, 0.717) is 18.7 Å². The average Bonchev–Trinajstić information content (AvgIpc) is 2.53. The van der Waals surface area contributed by atoms with E-state index in [4.69, 9.17) is 5.73 Å². The van der Waals surface area contributed by atoms with Gasteiger partial charge in [0, 0.05) is 18.7 Å². The van der Waals surface area contributed by atoms with E-state index < -0.39 is 0 Å². The molecule has 4 heteroatoms. The highest BCUT2D eigenvalue weighted by molar-refractivity contribution is 5.94. The minimum Gasteiger partial charge on any atom is -0.399 e. The molecule has 2 rings (SSSR count). The Balaban J connectivity index is 2.25. The normalized spacial score (nSPS) is 16.6. The number of nitrogens with two attached hydrogens (primary N) is 1. The van der Waals surface area contributed by atoms with E-state index in [0.717, 1.165) is 5.69 Å². The van der Waals surface area contributed by atoms with Gasteiger partial charge < -0.3 is 5.73 Å². The lowest BCUT2D eigenvalue weighted by Crippen LogP contribution is -2.33. The summed E-state index contributed by atoms with van der Waals surface area (Å²) >= 11 is 0. The fourth-order valence-corrected chi connectivity index (χ4v) is 1.33. The predicted molar refractivity (Wildman–Crippen MR) is 51.0 cm³/mol. The number of nitrogens with zero attached hydrogens (tertiary/aromatic N) is 1. The summed E-state index contributed by atoms with van der Waals surface area (Å²) in [6.45, 7) is 0.712. The largest absolute Gasteiger partial charge is 0.399 e. The van der Waals surface area contributed by atoms with Crippen LogP contribution in [-0.4, -0.2) is 12.5 Å². The summed E-state index contributed by atoms with van der Waals surface area (Å²) in [4.78, 5) is 11.3. The van der Waals surface area contributed by atoms with Gasteiger partial charge in [0.2, 0.25) is 5.91 Å². The van der Waals surface area contributed by atoms with E-state index in [9.17, 15) is 4.79 Å². The molecule has 3 N–H and O–H groups in total. The highest BCUT2D eigenvalue weighted by Gasteiger charge is 2.20. The van der Waals surface area contributed by atoms with Crippen LogP contribution >= 0.6 is 0 Å². The highest BCUT2D eigenvalue weighted by atomic mass is 16.2. The van der Waals surface area contributed by atoms with Crippen molar-refractivity contribution in [1.82, 2.24) is 5.43 Å². The van der Waals surface area contributed by atoms with Gasteiger partial charge in [-0.05, 0) is 24.3 Å². The van der Waals surface area contributed by atoms with Gasteiger partial charge in [-0.2, -0.15) is 0 Å². The predicted octanol–water partition coefficient (Wildman–Crippen LogP) is 0.510. The van der Waals surface area contributed by atoms with Gasteiger partial charge in [0.25, 0.3) is 0 Å². The van der Waals surface area contributed by atoms with E-state index in [1.165, 1.54) is 0 Å². The standard InChI is InChI=1S/C9H11N3O/c10-7-1-3-8(4-2-7)12-9(13)5-6-11-12/h1-4,11H,5-6,10H2. The summed E-state index contributed by atoms with van der Waals surface area (Å²) in [6.07, 6.45) is 0.560. The number of nitrogen functional groups attached to an aromatic ring is 1. The molecule has 1 aliphatic rings. The quantitative estimate of drug-likeness (QED) is 0.614.